The molecule has 0 fully saturated rings. The number of benzene rings is 1. The van der Waals surface area contributed by atoms with Crippen LogP contribution in [0.4, 0.5) is 5.69 Å². The fourth-order valence-corrected chi connectivity index (χ4v) is 2.65. The Hall–Kier alpha value is -2.61. The lowest BCUT2D eigenvalue weighted by Gasteiger charge is -2.12. The van der Waals surface area contributed by atoms with Crippen molar-refractivity contribution in [3.05, 3.63) is 40.4 Å². The van der Waals surface area contributed by atoms with Gasteiger partial charge < -0.3 is 10.1 Å². The Morgan fingerprint density at radius 2 is 1.92 bits per heavy atom. The van der Waals surface area contributed by atoms with Crippen LogP contribution in [0.5, 0.6) is 0 Å². The Balaban J connectivity index is 2.04. The van der Waals surface area contributed by atoms with Crippen molar-refractivity contribution in [2.75, 3.05) is 5.32 Å². The van der Waals surface area contributed by atoms with E-state index in [-0.39, 0.29) is 11.7 Å². The first-order valence-electron chi connectivity index (χ1n) is 7.36. The van der Waals surface area contributed by atoms with Crippen LogP contribution < -0.4 is 5.32 Å². The van der Waals surface area contributed by atoms with Crippen LogP contribution in [0.3, 0.4) is 0 Å². The number of esters is 1. The molecule has 0 unspecified atom stereocenters. The quantitative estimate of drug-likeness (QED) is 0.637. The number of anilines is 1. The molecule has 0 aliphatic carbocycles. The van der Waals surface area contributed by atoms with Crippen LogP contribution in [-0.4, -0.2) is 33.4 Å². The number of hydrogen-bond acceptors (Lipinski definition) is 7. The lowest BCUT2D eigenvalue weighted by molar-refractivity contribution is -0.114. The van der Waals surface area contributed by atoms with Crippen LogP contribution in [0.15, 0.2) is 24.3 Å². The summed E-state index contributed by atoms with van der Waals surface area (Å²) in [4.78, 5) is 35.8. The van der Waals surface area contributed by atoms with Crippen molar-refractivity contribution >= 4 is 34.9 Å². The van der Waals surface area contributed by atoms with Crippen molar-refractivity contribution in [2.24, 2.45) is 0 Å². The molecule has 126 valence electrons. The molecule has 1 aromatic carbocycles. The first kappa shape index (κ1) is 17.7. The standard InChI is InChI=1S/C16H17N3O4S/c1-4-13-15(24-19-18-13)16(22)23-9(2)14(21)11-5-7-12(8-6-11)17-10(3)20/h5-9H,4H2,1-3H3,(H,17,20)/t9-/m1/s1. The van der Waals surface area contributed by atoms with Crippen molar-refractivity contribution < 1.29 is 19.1 Å². The summed E-state index contributed by atoms with van der Waals surface area (Å²) < 4.78 is 8.95. The van der Waals surface area contributed by atoms with Gasteiger partial charge in [0.05, 0.1) is 5.69 Å². The third-order valence-corrected chi connectivity index (χ3v) is 3.97. The highest BCUT2D eigenvalue weighted by Gasteiger charge is 2.23. The van der Waals surface area contributed by atoms with E-state index in [0.717, 1.165) is 11.5 Å². The fourth-order valence-electron chi connectivity index (χ4n) is 2.02. The monoisotopic (exact) mass is 347 g/mol. The van der Waals surface area contributed by atoms with E-state index >= 15 is 0 Å². The second-order valence-electron chi connectivity index (χ2n) is 5.07. The molecular formula is C16H17N3O4S. The molecule has 1 aromatic heterocycles. The third-order valence-electron chi connectivity index (χ3n) is 3.22. The molecule has 1 N–H and O–H groups in total. The Labute approximate surface area is 143 Å². The zero-order valence-corrected chi connectivity index (χ0v) is 14.3. The maximum absolute atomic E-state index is 12.3. The lowest BCUT2D eigenvalue weighted by Crippen LogP contribution is -2.24. The molecular weight excluding hydrogens is 330 g/mol. The van der Waals surface area contributed by atoms with Gasteiger partial charge in [-0.05, 0) is 49.1 Å². The zero-order valence-electron chi connectivity index (χ0n) is 13.5. The van der Waals surface area contributed by atoms with Crippen molar-refractivity contribution in [2.45, 2.75) is 33.3 Å². The molecule has 8 heteroatoms. The highest BCUT2D eigenvalue weighted by Crippen LogP contribution is 2.16. The van der Waals surface area contributed by atoms with Crippen LogP contribution >= 0.6 is 11.5 Å². The minimum absolute atomic E-state index is 0.193. The van der Waals surface area contributed by atoms with Crippen molar-refractivity contribution in [1.29, 1.82) is 0 Å². The topological polar surface area (TPSA) is 98.2 Å². The summed E-state index contributed by atoms with van der Waals surface area (Å²) in [5, 5.41) is 6.46. The average molecular weight is 347 g/mol. The first-order valence-corrected chi connectivity index (χ1v) is 8.13. The number of aromatic nitrogens is 2. The van der Waals surface area contributed by atoms with Crippen LogP contribution in [0.1, 0.15) is 46.5 Å². The SMILES string of the molecule is CCc1nnsc1C(=O)O[C@H](C)C(=O)c1ccc(NC(C)=O)cc1. The second kappa shape index (κ2) is 7.78. The Morgan fingerprint density at radius 3 is 2.50 bits per heavy atom. The molecule has 1 atom stereocenters. The lowest BCUT2D eigenvalue weighted by atomic mass is 10.1. The summed E-state index contributed by atoms with van der Waals surface area (Å²) in [6.45, 7) is 4.78. The zero-order chi connectivity index (χ0) is 17.7. The normalized spacial score (nSPS) is 11.6. The van der Waals surface area contributed by atoms with E-state index in [0.29, 0.717) is 28.2 Å². The molecule has 0 bridgehead atoms. The molecule has 1 heterocycles. The van der Waals surface area contributed by atoms with Crippen LogP contribution in [0, 0.1) is 0 Å². The first-order chi connectivity index (χ1) is 11.4. The average Bonchev–Trinajstić information content (AvgIpc) is 3.03. The third kappa shape index (κ3) is 4.23. The molecule has 0 radical (unpaired) electrons. The predicted octanol–water partition coefficient (Wildman–Crippen LogP) is 2.49. The van der Waals surface area contributed by atoms with Gasteiger partial charge >= 0.3 is 5.97 Å². The maximum Gasteiger partial charge on any atom is 0.352 e. The number of hydrogen-bond donors (Lipinski definition) is 1. The number of Topliss-reactive ketones (excluding diaryl/α,β-unsaturated/α-hetero) is 1. The van der Waals surface area contributed by atoms with Gasteiger partial charge in [-0.1, -0.05) is 11.4 Å². The summed E-state index contributed by atoms with van der Waals surface area (Å²) in [5.74, 6) is -1.12. The molecule has 24 heavy (non-hydrogen) atoms. The fraction of sp³-hybridized carbons (Fsp3) is 0.312. The summed E-state index contributed by atoms with van der Waals surface area (Å²) in [7, 11) is 0. The molecule has 0 saturated carbocycles. The second-order valence-corrected chi connectivity index (χ2v) is 5.83. The van der Waals surface area contributed by atoms with Gasteiger partial charge in [0.15, 0.2) is 11.0 Å². The minimum atomic E-state index is -0.934. The van der Waals surface area contributed by atoms with Gasteiger partial charge in [0.2, 0.25) is 11.7 Å². The van der Waals surface area contributed by atoms with Crippen LogP contribution in [0.2, 0.25) is 0 Å². The van der Waals surface area contributed by atoms with E-state index in [9.17, 15) is 14.4 Å². The number of aryl methyl sites for hydroxylation is 1. The van der Waals surface area contributed by atoms with Gasteiger partial charge in [-0.3, -0.25) is 9.59 Å². The highest BCUT2D eigenvalue weighted by molar-refractivity contribution is 7.07. The molecule has 1 amide bonds. The number of carbonyl (C=O) groups excluding carboxylic acids is 3. The van der Waals surface area contributed by atoms with E-state index in [2.05, 4.69) is 14.9 Å². The Kier molecular flexibility index (Phi) is 5.75. The van der Waals surface area contributed by atoms with E-state index in [1.807, 2.05) is 6.92 Å². The van der Waals surface area contributed by atoms with Crippen molar-refractivity contribution in [3.63, 3.8) is 0 Å². The number of ether oxygens (including phenoxy) is 1. The summed E-state index contributed by atoms with van der Waals surface area (Å²) in [6.07, 6.45) is -0.371. The van der Waals surface area contributed by atoms with Gasteiger partial charge in [0, 0.05) is 18.2 Å². The Bertz CT molecular complexity index is 755. The predicted molar refractivity (Wildman–Crippen MR) is 89.2 cm³/mol. The molecule has 7 nitrogen and oxygen atoms in total. The summed E-state index contributed by atoms with van der Waals surface area (Å²) in [5.41, 5.74) is 1.54. The number of nitrogens with zero attached hydrogens (tertiary/aromatic N) is 2. The van der Waals surface area contributed by atoms with Gasteiger partial charge in [-0.2, -0.15) is 0 Å². The molecule has 0 aliphatic rings. The largest absolute Gasteiger partial charge is 0.450 e. The maximum atomic E-state index is 12.3. The molecule has 0 spiro atoms. The van der Waals surface area contributed by atoms with Gasteiger partial charge in [-0.25, -0.2) is 4.79 Å². The van der Waals surface area contributed by atoms with Crippen LogP contribution in [-0.2, 0) is 16.0 Å². The Morgan fingerprint density at radius 1 is 1.25 bits per heavy atom. The highest BCUT2D eigenvalue weighted by atomic mass is 32.1. The molecule has 0 aliphatic heterocycles. The minimum Gasteiger partial charge on any atom is -0.450 e. The van der Waals surface area contributed by atoms with Gasteiger partial charge in [-0.15, -0.1) is 5.10 Å². The smallest absolute Gasteiger partial charge is 0.352 e. The van der Waals surface area contributed by atoms with E-state index < -0.39 is 12.1 Å². The summed E-state index contributed by atoms with van der Waals surface area (Å²) >= 11 is 0.952. The summed E-state index contributed by atoms with van der Waals surface area (Å²) in [6, 6.07) is 6.38. The van der Waals surface area contributed by atoms with E-state index in [1.54, 1.807) is 24.3 Å². The van der Waals surface area contributed by atoms with E-state index in [1.165, 1.54) is 13.8 Å². The van der Waals surface area contributed by atoms with Crippen molar-refractivity contribution in [1.82, 2.24) is 9.59 Å². The number of rotatable bonds is 6. The van der Waals surface area contributed by atoms with E-state index in [4.69, 9.17) is 4.74 Å². The number of carbonyl (C=O) groups is 3. The number of nitrogens with one attached hydrogen (secondary N) is 1. The van der Waals surface area contributed by atoms with Crippen molar-refractivity contribution in [3.8, 4) is 0 Å². The van der Waals surface area contributed by atoms with Crippen LogP contribution in [0.25, 0.3) is 0 Å². The molecule has 2 aromatic rings. The molecule has 2 rings (SSSR count). The van der Waals surface area contributed by atoms with Gasteiger partial charge in [0.1, 0.15) is 0 Å². The molecule has 0 saturated heterocycles. The number of ketones is 1. The number of amides is 1. The van der Waals surface area contributed by atoms with Gasteiger partial charge in [0.25, 0.3) is 0 Å².